The van der Waals surface area contributed by atoms with E-state index in [2.05, 4.69) is 5.32 Å². The van der Waals surface area contributed by atoms with Crippen molar-refractivity contribution in [1.82, 2.24) is 0 Å². The third-order valence-corrected chi connectivity index (χ3v) is 4.50. The number of esters is 1. The number of fused-ring (bicyclic) bond motifs is 1. The molecular formula is C21H22ClNO7. The van der Waals surface area contributed by atoms with Gasteiger partial charge in [0, 0.05) is 11.8 Å². The van der Waals surface area contributed by atoms with E-state index in [-0.39, 0.29) is 10.6 Å². The van der Waals surface area contributed by atoms with Crippen molar-refractivity contribution >= 4 is 29.2 Å². The van der Waals surface area contributed by atoms with E-state index in [1.807, 2.05) is 0 Å². The van der Waals surface area contributed by atoms with E-state index in [4.69, 9.17) is 35.3 Å². The molecule has 0 spiro atoms. The molecule has 1 aliphatic heterocycles. The number of amides is 1. The van der Waals surface area contributed by atoms with Crippen molar-refractivity contribution in [3.8, 4) is 23.0 Å². The highest BCUT2D eigenvalue weighted by atomic mass is 35.5. The Labute approximate surface area is 179 Å². The molecule has 0 saturated heterocycles. The quantitative estimate of drug-likeness (QED) is 0.663. The monoisotopic (exact) mass is 435 g/mol. The van der Waals surface area contributed by atoms with Gasteiger partial charge in [0.2, 0.25) is 0 Å². The minimum Gasteiger partial charge on any atom is -0.493 e. The summed E-state index contributed by atoms with van der Waals surface area (Å²) in [7, 11) is 1.44. The van der Waals surface area contributed by atoms with E-state index in [9.17, 15) is 9.59 Å². The predicted molar refractivity (Wildman–Crippen MR) is 110 cm³/mol. The number of nitrogens with one attached hydrogen (secondary N) is 1. The Morgan fingerprint density at radius 3 is 2.60 bits per heavy atom. The first-order valence-corrected chi connectivity index (χ1v) is 9.72. The van der Waals surface area contributed by atoms with Crippen molar-refractivity contribution in [2.75, 3.05) is 32.2 Å². The normalized spacial score (nSPS) is 13.2. The maximum Gasteiger partial charge on any atom is 0.339 e. The molecule has 1 atom stereocenters. The summed E-state index contributed by atoms with van der Waals surface area (Å²) in [5.41, 5.74) is 0.636. The average Bonchev–Trinajstić information content (AvgIpc) is 2.74. The van der Waals surface area contributed by atoms with Gasteiger partial charge in [0.25, 0.3) is 5.91 Å². The first-order valence-electron chi connectivity index (χ1n) is 9.34. The smallest absolute Gasteiger partial charge is 0.339 e. The fraction of sp³-hybridized carbons (Fsp3) is 0.333. The van der Waals surface area contributed by atoms with Crippen molar-refractivity contribution in [1.29, 1.82) is 0 Å². The van der Waals surface area contributed by atoms with E-state index in [1.54, 1.807) is 25.1 Å². The number of methoxy groups -OCH3 is 1. The third kappa shape index (κ3) is 4.88. The van der Waals surface area contributed by atoms with E-state index < -0.39 is 18.0 Å². The number of carbonyl (C=O) groups is 2. The van der Waals surface area contributed by atoms with Crippen molar-refractivity contribution in [3.63, 3.8) is 0 Å². The third-order valence-electron chi connectivity index (χ3n) is 4.22. The van der Waals surface area contributed by atoms with Gasteiger partial charge in [0.05, 0.1) is 24.3 Å². The van der Waals surface area contributed by atoms with Crippen LogP contribution < -0.4 is 24.3 Å². The molecule has 1 heterocycles. The summed E-state index contributed by atoms with van der Waals surface area (Å²) in [6, 6.07) is 7.89. The second-order valence-electron chi connectivity index (χ2n) is 6.32. The Morgan fingerprint density at radius 2 is 1.90 bits per heavy atom. The van der Waals surface area contributed by atoms with Gasteiger partial charge in [-0.25, -0.2) is 4.79 Å². The molecule has 0 aromatic heterocycles. The number of hydrogen-bond acceptors (Lipinski definition) is 7. The number of ether oxygens (including phenoxy) is 5. The van der Waals surface area contributed by atoms with Crippen LogP contribution in [0, 0.1) is 0 Å². The van der Waals surface area contributed by atoms with E-state index in [0.717, 1.165) is 0 Å². The summed E-state index contributed by atoms with van der Waals surface area (Å²) in [6.07, 6.45) is -1.05. The van der Waals surface area contributed by atoms with Crippen molar-refractivity contribution in [2.24, 2.45) is 0 Å². The molecule has 1 aliphatic rings. The highest BCUT2D eigenvalue weighted by molar-refractivity contribution is 6.32. The molecule has 1 unspecified atom stereocenters. The Balaban J connectivity index is 1.66. The number of benzene rings is 2. The molecule has 160 valence electrons. The lowest BCUT2D eigenvalue weighted by Crippen LogP contribution is -2.30. The molecular weight excluding hydrogens is 414 g/mol. The maximum absolute atomic E-state index is 12.5. The Bertz CT molecular complexity index is 947. The standard InChI is InChI=1S/C21H22ClNO7/c1-4-27-19-15(22)9-13(10-18(19)26-3)21(25)30-12(2)20(24)23-14-5-6-16-17(11-14)29-8-7-28-16/h5-6,9-12H,4,7-8H2,1-3H3,(H,23,24). The number of hydrogen-bond donors (Lipinski definition) is 1. The largest absolute Gasteiger partial charge is 0.493 e. The predicted octanol–water partition coefficient (Wildman–Crippen LogP) is 3.70. The van der Waals surface area contributed by atoms with Crippen LogP contribution in [0.15, 0.2) is 30.3 Å². The minimum atomic E-state index is -1.05. The first-order chi connectivity index (χ1) is 14.4. The van der Waals surface area contributed by atoms with Gasteiger partial charge >= 0.3 is 5.97 Å². The van der Waals surface area contributed by atoms with Crippen LogP contribution in [-0.4, -0.2) is 44.9 Å². The van der Waals surface area contributed by atoms with Gasteiger partial charge in [-0.3, -0.25) is 4.79 Å². The Kier molecular flexibility index (Phi) is 6.89. The molecule has 30 heavy (non-hydrogen) atoms. The fourth-order valence-electron chi connectivity index (χ4n) is 2.77. The molecule has 9 heteroatoms. The first kappa shape index (κ1) is 21.6. The van der Waals surface area contributed by atoms with Crippen molar-refractivity contribution < 1.29 is 33.3 Å². The number of rotatable bonds is 7. The van der Waals surface area contributed by atoms with Gasteiger partial charge in [0.1, 0.15) is 13.2 Å². The Hall–Kier alpha value is -3.13. The van der Waals surface area contributed by atoms with E-state index >= 15 is 0 Å². The van der Waals surface area contributed by atoms with E-state index in [0.29, 0.717) is 48.5 Å². The SMILES string of the molecule is CCOc1c(Cl)cc(C(=O)OC(C)C(=O)Nc2ccc3c(c2)OCCO3)cc1OC. The molecule has 0 radical (unpaired) electrons. The van der Waals surface area contributed by atoms with Crippen LogP contribution in [0.5, 0.6) is 23.0 Å². The van der Waals surface area contributed by atoms with Crippen LogP contribution in [0.25, 0.3) is 0 Å². The molecule has 2 aromatic rings. The molecule has 0 fully saturated rings. The van der Waals surface area contributed by atoms with Gasteiger partial charge in [-0.1, -0.05) is 11.6 Å². The summed E-state index contributed by atoms with van der Waals surface area (Å²) < 4.78 is 26.9. The van der Waals surface area contributed by atoms with Crippen molar-refractivity contribution in [3.05, 3.63) is 40.9 Å². The second-order valence-corrected chi connectivity index (χ2v) is 6.72. The van der Waals surface area contributed by atoms with Gasteiger partial charge in [-0.2, -0.15) is 0 Å². The van der Waals surface area contributed by atoms with Crippen LogP contribution in [0.3, 0.4) is 0 Å². The number of halogens is 1. The van der Waals surface area contributed by atoms with Gasteiger partial charge in [-0.05, 0) is 38.1 Å². The van der Waals surface area contributed by atoms with Gasteiger partial charge in [-0.15, -0.1) is 0 Å². The van der Waals surface area contributed by atoms with Crippen LogP contribution >= 0.6 is 11.6 Å². The highest BCUT2D eigenvalue weighted by Crippen LogP contribution is 2.37. The lowest BCUT2D eigenvalue weighted by atomic mass is 10.2. The zero-order valence-corrected chi connectivity index (χ0v) is 17.6. The molecule has 8 nitrogen and oxygen atoms in total. The summed E-state index contributed by atoms with van der Waals surface area (Å²) in [5, 5.41) is 2.89. The van der Waals surface area contributed by atoms with Crippen molar-refractivity contribution in [2.45, 2.75) is 20.0 Å². The lowest BCUT2D eigenvalue weighted by Gasteiger charge is -2.19. The molecule has 0 bridgehead atoms. The summed E-state index contributed by atoms with van der Waals surface area (Å²) in [6.45, 7) is 4.58. The second kappa shape index (κ2) is 9.58. The zero-order chi connectivity index (χ0) is 21.7. The van der Waals surface area contributed by atoms with E-state index in [1.165, 1.54) is 26.2 Å². The zero-order valence-electron chi connectivity index (χ0n) is 16.8. The molecule has 1 N–H and O–H groups in total. The van der Waals surface area contributed by atoms with Crippen LogP contribution in [0.1, 0.15) is 24.2 Å². The minimum absolute atomic E-state index is 0.138. The molecule has 0 saturated carbocycles. The van der Waals surface area contributed by atoms with Gasteiger partial charge < -0.3 is 29.0 Å². The molecule has 1 amide bonds. The average molecular weight is 436 g/mol. The van der Waals surface area contributed by atoms with Crippen LogP contribution in [0.2, 0.25) is 5.02 Å². The topological polar surface area (TPSA) is 92.3 Å². The van der Waals surface area contributed by atoms with Crippen LogP contribution in [0.4, 0.5) is 5.69 Å². The number of carbonyl (C=O) groups excluding carboxylic acids is 2. The summed E-state index contributed by atoms with van der Waals surface area (Å²) in [4.78, 5) is 24.9. The molecule has 3 rings (SSSR count). The summed E-state index contributed by atoms with van der Waals surface area (Å²) >= 11 is 6.19. The summed E-state index contributed by atoms with van der Waals surface area (Å²) in [5.74, 6) is 0.569. The van der Waals surface area contributed by atoms with Crippen LogP contribution in [-0.2, 0) is 9.53 Å². The molecule has 2 aromatic carbocycles. The Morgan fingerprint density at radius 1 is 1.17 bits per heavy atom. The fourth-order valence-corrected chi connectivity index (χ4v) is 3.03. The highest BCUT2D eigenvalue weighted by Gasteiger charge is 2.22. The molecule has 0 aliphatic carbocycles. The number of anilines is 1. The lowest BCUT2D eigenvalue weighted by molar-refractivity contribution is -0.123. The maximum atomic E-state index is 12.5. The van der Waals surface area contributed by atoms with Gasteiger partial charge in [0.15, 0.2) is 29.1 Å².